The van der Waals surface area contributed by atoms with Crippen LogP contribution in [0, 0.1) is 27.3 Å². The van der Waals surface area contributed by atoms with Crippen molar-refractivity contribution in [2.45, 2.75) is 50.4 Å². The first-order valence-corrected chi connectivity index (χ1v) is 12.4. The Balaban J connectivity index is 2.64. The van der Waals surface area contributed by atoms with Crippen LogP contribution in [0.4, 0.5) is 28.9 Å². The number of benzene rings is 2. The first-order valence-electron chi connectivity index (χ1n) is 10.0. The van der Waals surface area contributed by atoms with Crippen molar-refractivity contribution in [3.63, 3.8) is 0 Å². The average Bonchev–Trinajstić information content (AvgIpc) is 2.73. The van der Waals surface area contributed by atoms with Gasteiger partial charge in [0.15, 0.2) is 0 Å². The molecule has 0 saturated heterocycles. The molecule has 0 aliphatic carbocycles. The van der Waals surface area contributed by atoms with Gasteiger partial charge in [-0.2, -0.15) is 5.26 Å². The second-order valence-corrected chi connectivity index (χ2v) is 11.6. The van der Waals surface area contributed by atoms with E-state index in [4.69, 9.17) is 11.6 Å². The van der Waals surface area contributed by atoms with Crippen molar-refractivity contribution in [1.29, 1.82) is 5.26 Å². The van der Waals surface area contributed by atoms with Crippen LogP contribution >= 0.6 is 27.5 Å². The number of anilines is 1. The van der Waals surface area contributed by atoms with Gasteiger partial charge in [0, 0.05) is 28.4 Å². The molecule has 15 heteroatoms. The minimum Gasteiger partial charge on any atom is -0.598 e. The van der Waals surface area contributed by atoms with Gasteiger partial charge in [0.25, 0.3) is 5.69 Å². The van der Waals surface area contributed by atoms with Crippen LogP contribution in [0.25, 0.3) is 0 Å². The number of hydrogen-bond acceptors (Lipinski definition) is 7. The van der Waals surface area contributed by atoms with Crippen molar-refractivity contribution in [2.75, 3.05) is 5.32 Å². The lowest BCUT2D eigenvalue weighted by Crippen LogP contribution is -2.45. The van der Waals surface area contributed by atoms with Gasteiger partial charge in [0.05, 0.1) is 27.6 Å². The third kappa shape index (κ3) is 8.10. The highest BCUT2D eigenvalue weighted by Crippen LogP contribution is 2.41. The van der Waals surface area contributed by atoms with Gasteiger partial charge >= 0.3 is 6.36 Å². The minimum atomic E-state index is -5.10. The average molecular weight is 616 g/mol. The van der Waals surface area contributed by atoms with Crippen LogP contribution in [-0.4, -0.2) is 26.6 Å². The summed E-state index contributed by atoms with van der Waals surface area (Å²) < 4.78 is 71.6. The van der Waals surface area contributed by atoms with Gasteiger partial charge in [0.1, 0.15) is 28.0 Å². The summed E-state index contributed by atoms with van der Waals surface area (Å²) in [5.74, 6) is -1.66. The lowest BCUT2D eigenvalue weighted by Gasteiger charge is -2.29. The quantitative estimate of drug-likeness (QED) is 0.142. The Hall–Kier alpha value is -2.31. The van der Waals surface area contributed by atoms with E-state index in [1.165, 1.54) is 12.1 Å². The van der Waals surface area contributed by atoms with Crippen molar-refractivity contribution in [3.8, 4) is 11.8 Å². The van der Waals surface area contributed by atoms with Gasteiger partial charge < -0.3 is 14.6 Å². The van der Waals surface area contributed by atoms with Crippen LogP contribution in [0.5, 0.6) is 5.75 Å². The number of alkyl halides is 3. The summed E-state index contributed by atoms with van der Waals surface area (Å²) in [7, 11) is 0. The monoisotopic (exact) mass is 614 g/mol. The lowest BCUT2D eigenvalue weighted by atomic mass is 9.98. The highest BCUT2D eigenvalue weighted by atomic mass is 79.9. The van der Waals surface area contributed by atoms with Crippen molar-refractivity contribution in [2.24, 2.45) is 0 Å². The maximum absolute atomic E-state index is 14.0. The number of nitro groups is 1. The molecule has 0 bridgehead atoms. The fraction of sp³-hybridized carbons (Fsp3) is 0.381. The molecule has 0 heterocycles. The SMILES string of the molecule is CC(C)(C)[S+]([O-])NC(C#N)CC(Nc1cc(Br)c(F)cc1[N+](=O)[O-])c1c(Cl)cccc1OC(F)(F)F. The maximum Gasteiger partial charge on any atom is 0.573 e. The molecular weight excluding hydrogens is 596 g/mol. The van der Waals surface area contributed by atoms with Crippen LogP contribution in [0.15, 0.2) is 34.8 Å². The molecule has 0 aliphatic rings. The predicted octanol–water partition coefficient (Wildman–Crippen LogP) is 6.54. The Labute approximate surface area is 220 Å². The van der Waals surface area contributed by atoms with Gasteiger partial charge in [-0.15, -0.1) is 17.9 Å². The van der Waals surface area contributed by atoms with Gasteiger partial charge in [-0.3, -0.25) is 10.1 Å². The van der Waals surface area contributed by atoms with E-state index in [2.05, 4.69) is 30.7 Å². The number of hydrogen-bond donors (Lipinski definition) is 2. The largest absolute Gasteiger partial charge is 0.598 e. The molecule has 3 atom stereocenters. The maximum atomic E-state index is 14.0. The number of halogens is 6. The fourth-order valence-electron chi connectivity index (χ4n) is 2.98. The summed E-state index contributed by atoms with van der Waals surface area (Å²) in [6.07, 6.45) is -5.46. The number of nitrogens with zero attached hydrogens (tertiary/aromatic N) is 2. The van der Waals surface area contributed by atoms with Gasteiger partial charge in [-0.05, 0) is 54.9 Å². The number of nitro benzene ring substituents is 1. The second kappa shape index (κ2) is 11.8. The number of rotatable bonds is 9. The van der Waals surface area contributed by atoms with E-state index in [9.17, 15) is 37.5 Å². The molecule has 0 amide bonds. The van der Waals surface area contributed by atoms with Gasteiger partial charge in [0.2, 0.25) is 0 Å². The van der Waals surface area contributed by atoms with Crippen LogP contribution in [0.2, 0.25) is 5.02 Å². The first-order chi connectivity index (χ1) is 16.5. The van der Waals surface area contributed by atoms with E-state index < -0.39 is 56.7 Å². The topological polar surface area (TPSA) is 123 Å². The number of nitriles is 1. The van der Waals surface area contributed by atoms with E-state index in [1.807, 2.05) is 6.07 Å². The molecule has 3 unspecified atom stereocenters. The Morgan fingerprint density at radius 2 is 1.94 bits per heavy atom. The molecule has 2 N–H and O–H groups in total. The summed E-state index contributed by atoms with van der Waals surface area (Å²) in [5.41, 5.74) is -1.26. The van der Waals surface area contributed by atoms with Gasteiger partial charge in [-0.25, -0.2) is 4.39 Å². The standard InChI is InChI=1S/C21H20BrClF4N4O4S/c1-20(2,3)36(34)30-11(10-28)7-16(19-13(23)5-4-6-18(19)35-21(25,26)27)29-15-8-12(22)14(24)9-17(15)31(32)33/h4-6,8-9,11,16,29-30H,7H2,1-3H3. The molecule has 2 rings (SSSR count). The molecule has 0 saturated carbocycles. The van der Waals surface area contributed by atoms with E-state index in [0.717, 1.165) is 12.1 Å². The zero-order valence-corrected chi connectivity index (χ0v) is 22.1. The Kier molecular flexibility index (Phi) is 9.83. The van der Waals surface area contributed by atoms with Crippen LogP contribution < -0.4 is 14.8 Å². The van der Waals surface area contributed by atoms with Crippen LogP contribution in [0.3, 0.4) is 0 Å². The van der Waals surface area contributed by atoms with Gasteiger partial charge in [-0.1, -0.05) is 17.7 Å². The molecule has 0 fully saturated rings. The Morgan fingerprint density at radius 3 is 2.47 bits per heavy atom. The summed E-state index contributed by atoms with van der Waals surface area (Å²) in [5, 5.41) is 23.7. The molecule has 2 aromatic rings. The summed E-state index contributed by atoms with van der Waals surface area (Å²) >= 11 is 7.41. The van der Waals surface area contributed by atoms with E-state index in [0.29, 0.717) is 6.07 Å². The molecule has 196 valence electrons. The Morgan fingerprint density at radius 1 is 1.31 bits per heavy atom. The van der Waals surface area contributed by atoms with E-state index >= 15 is 0 Å². The van der Waals surface area contributed by atoms with Crippen LogP contribution in [-0.2, 0) is 11.4 Å². The molecule has 36 heavy (non-hydrogen) atoms. The van der Waals surface area contributed by atoms with Crippen molar-refractivity contribution < 1.29 is 31.8 Å². The van der Waals surface area contributed by atoms with Crippen molar-refractivity contribution in [1.82, 2.24) is 4.72 Å². The van der Waals surface area contributed by atoms with Crippen molar-refractivity contribution in [3.05, 3.63) is 61.3 Å². The number of ether oxygens (including phenoxy) is 1. The smallest absolute Gasteiger partial charge is 0.573 e. The summed E-state index contributed by atoms with van der Waals surface area (Å²) in [4.78, 5) is 10.7. The molecule has 2 aromatic carbocycles. The summed E-state index contributed by atoms with van der Waals surface area (Å²) in [6, 6.07) is 4.47. The fourth-order valence-corrected chi connectivity index (χ4v) is 4.38. The minimum absolute atomic E-state index is 0.163. The first kappa shape index (κ1) is 29.9. The zero-order chi connectivity index (χ0) is 27.4. The van der Waals surface area contributed by atoms with Crippen molar-refractivity contribution >= 4 is 50.3 Å². The summed E-state index contributed by atoms with van der Waals surface area (Å²) in [6.45, 7) is 4.93. The molecule has 0 radical (unpaired) electrons. The van der Waals surface area contributed by atoms with E-state index in [1.54, 1.807) is 20.8 Å². The zero-order valence-electron chi connectivity index (χ0n) is 19.0. The highest BCUT2D eigenvalue weighted by molar-refractivity contribution is 9.10. The lowest BCUT2D eigenvalue weighted by molar-refractivity contribution is -0.384. The normalized spacial score (nSPS) is 14.5. The second-order valence-electron chi connectivity index (χ2n) is 8.35. The van der Waals surface area contributed by atoms with E-state index in [-0.39, 0.29) is 27.2 Å². The predicted molar refractivity (Wildman–Crippen MR) is 130 cm³/mol. The molecule has 0 aromatic heterocycles. The third-order valence-corrected chi connectivity index (χ3v) is 7.13. The van der Waals surface area contributed by atoms with Crippen LogP contribution in [0.1, 0.15) is 38.8 Å². The highest BCUT2D eigenvalue weighted by Gasteiger charge is 2.36. The molecular formula is C21H20BrClF4N4O4S. The molecule has 0 spiro atoms. The Bertz CT molecular complexity index is 1160. The third-order valence-electron chi connectivity index (χ3n) is 4.58. The number of nitrogens with one attached hydrogen (secondary N) is 2. The molecule has 0 aliphatic heterocycles. The molecule has 8 nitrogen and oxygen atoms in total.